The van der Waals surface area contributed by atoms with E-state index >= 15 is 0 Å². The quantitative estimate of drug-likeness (QED) is 0.584. The first-order chi connectivity index (χ1) is 14.9. The van der Waals surface area contributed by atoms with Gasteiger partial charge in [0.1, 0.15) is 0 Å². The fourth-order valence-electron chi connectivity index (χ4n) is 5.11. The Bertz CT molecular complexity index is 1060. The molecule has 3 aromatic heterocycles. The van der Waals surface area contributed by atoms with Gasteiger partial charge in [-0.25, -0.2) is 9.97 Å². The van der Waals surface area contributed by atoms with Crippen LogP contribution in [0.2, 0.25) is 0 Å². The lowest BCUT2D eigenvalue weighted by molar-refractivity contribution is -0.136. The van der Waals surface area contributed by atoms with E-state index < -0.39 is 5.41 Å². The Balaban J connectivity index is 1.43. The highest BCUT2D eigenvalue weighted by atomic mass is 32.1. The lowest BCUT2D eigenvalue weighted by atomic mass is 9.75. The molecule has 1 spiro atoms. The molecule has 2 aliphatic rings. The van der Waals surface area contributed by atoms with Crippen LogP contribution in [0.15, 0.2) is 40.9 Å². The van der Waals surface area contributed by atoms with E-state index in [-0.39, 0.29) is 11.8 Å². The Morgan fingerprint density at radius 2 is 2.23 bits per heavy atom. The first-order valence-electron chi connectivity index (χ1n) is 10.9. The van der Waals surface area contributed by atoms with E-state index in [9.17, 15) is 4.79 Å². The SMILES string of the molecule is Cc1nc(CN2CCC3(CN(Cc4ccoc4)CC3c3cn(C(C)C)cn3)C2=O)cs1. The molecule has 0 bridgehead atoms. The summed E-state index contributed by atoms with van der Waals surface area (Å²) in [5.74, 6) is 0.339. The van der Waals surface area contributed by atoms with Gasteiger partial charge in [0.15, 0.2) is 0 Å². The summed E-state index contributed by atoms with van der Waals surface area (Å²) in [6, 6.07) is 2.35. The van der Waals surface area contributed by atoms with Crippen LogP contribution in [0.1, 0.15) is 54.2 Å². The van der Waals surface area contributed by atoms with Crippen molar-refractivity contribution in [2.75, 3.05) is 19.6 Å². The molecule has 2 fully saturated rings. The minimum absolute atomic E-state index is 0.0917. The zero-order valence-electron chi connectivity index (χ0n) is 18.3. The number of furan rings is 1. The Morgan fingerprint density at radius 3 is 2.90 bits per heavy atom. The third kappa shape index (κ3) is 3.72. The van der Waals surface area contributed by atoms with E-state index in [0.29, 0.717) is 12.6 Å². The molecule has 0 saturated carbocycles. The van der Waals surface area contributed by atoms with Crippen LogP contribution in [0.5, 0.6) is 0 Å². The Labute approximate surface area is 186 Å². The van der Waals surface area contributed by atoms with Crippen molar-refractivity contribution in [2.45, 2.75) is 52.2 Å². The number of nitrogens with zero attached hydrogens (tertiary/aromatic N) is 5. The average Bonchev–Trinajstić information content (AvgIpc) is 3.53. The smallest absolute Gasteiger partial charge is 0.231 e. The molecule has 7 nitrogen and oxygen atoms in total. The molecule has 164 valence electrons. The second-order valence-electron chi connectivity index (χ2n) is 9.18. The van der Waals surface area contributed by atoms with Gasteiger partial charge in [0.05, 0.1) is 47.2 Å². The predicted molar refractivity (Wildman–Crippen MR) is 119 cm³/mol. The number of carbonyl (C=O) groups excluding carboxylic acids is 1. The second-order valence-corrected chi connectivity index (χ2v) is 10.2. The molecule has 31 heavy (non-hydrogen) atoms. The summed E-state index contributed by atoms with van der Waals surface area (Å²) in [4.78, 5) is 27.6. The van der Waals surface area contributed by atoms with Crippen LogP contribution >= 0.6 is 11.3 Å². The standard InChI is InChI=1S/C23H29N5O2S/c1-16(2)28-11-21(24-15-28)20-10-26(8-18-4-7-30-12-18)14-23(20)5-6-27(22(23)29)9-19-13-31-17(3)25-19/h4,7,11-13,15-16,20H,5-6,8-10,14H2,1-3H3. The highest BCUT2D eigenvalue weighted by Crippen LogP contribution is 2.50. The summed E-state index contributed by atoms with van der Waals surface area (Å²) in [7, 11) is 0. The molecule has 8 heteroatoms. The maximum atomic E-state index is 13.8. The van der Waals surface area contributed by atoms with Crippen molar-refractivity contribution in [3.8, 4) is 0 Å². The molecule has 1 amide bonds. The normalized spacial score (nSPS) is 24.3. The maximum Gasteiger partial charge on any atom is 0.231 e. The summed E-state index contributed by atoms with van der Waals surface area (Å²) in [5.41, 5.74) is 2.74. The monoisotopic (exact) mass is 439 g/mol. The van der Waals surface area contributed by atoms with Crippen molar-refractivity contribution in [2.24, 2.45) is 5.41 Å². The van der Waals surface area contributed by atoms with Crippen LogP contribution in [0, 0.1) is 12.3 Å². The molecule has 0 radical (unpaired) electrons. The maximum absolute atomic E-state index is 13.8. The molecule has 2 saturated heterocycles. The van der Waals surface area contributed by atoms with Gasteiger partial charge in [-0.1, -0.05) is 0 Å². The number of thiazole rings is 1. The summed E-state index contributed by atoms with van der Waals surface area (Å²) >= 11 is 1.64. The lowest BCUT2D eigenvalue weighted by Crippen LogP contribution is -2.39. The van der Waals surface area contributed by atoms with Crippen molar-refractivity contribution in [1.29, 1.82) is 0 Å². The average molecular weight is 440 g/mol. The third-order valence-electron chi connectivity index (χ3n) is 6.74. The summed E-state index contributed by atoms with van der Waals surface area (Å²) in [6.07, 6.45) is 8.40. The number of likely N-dealkylation sites (tertiary alicyclic amines) is 2. The van der Waals surface area contributed by atoms with Crippen LogP contribution in [0.4, 0.5) is 0 Å². The van der Waals surface area contributed by atoms with Crippen LogP contribution < -0.4 is 0 Å². The van der Waals surface area contributed by atoms with Crippen LogP contribution in [-0.2, 0) is 17.9 Å². The van der Waals surface area contributed by atoms with Gasteiger partial charge in [0.2, 0.25) is 5.91 Å². The fourth-order valence-corrected chi connectivity index (χ4v) is 5.72. The minimum Gasteiger partial charge on any atom is -0.472 e. The zero-order chi connectivity index (χ0) is 21.6. The number of carbonyl (C=O) groups is 1. The summed E-state index contributed by atoms with van der Waals surface area (Å²) < 4.78 is 7.40. The van der Waals surface area contributed by atoms with E-state index in [1.165, 1.54) is 0 Å². The number of rotatable bonds is 6. The Morgan fingerprint density at radius 1 is 1.35 bits per heavy atom. The number of imidazole rings is 1. The van der Waals surface area contributed by atoms with Gasteiger partial charge in [0, 0.05) is 55.3 Å². The molecular weight excluding hydrogens is 410 g/mol. The van der Waals surface area contributed by atoms with Crippen molar-refractivity contribution in [3.05, 3.63) is 58.5 Å². The first kappa shape index (κ1) is 20.5. The molecule has 0 aromatic carbocycles. The van der Waals surface area contributed by atoms with Gasteiger partial charge in [0.25, 0.3) is 0 Å². The number of amides is 1. The van der Waals surface area contributed by atoms with Crippen LogP contribution in [-0.4, -0.2) is 49.9 Å². The second kappa shape index (κ2) is 7.91. The molecule has 2 unspecified atom stereocenters. The summed E-state index contributed by atoms with van der Waals surface area (Å²) in [5, 5.41) is 3.11. The molecular formula is C23H29N5O2S. The molecule has 0 N–H and O–H groups in total. The number of hydrogen-bond acceptors (Lipinski definition) is 6. The molecule has 3 aromatic rings. The molecule has 0 aliphatic carbocycles. The summed E-state index contributed by atoms with van der Waals surface area (Å²) in [6.45, 7) is 10.1. The van der Waals surface area contributed by atoms with Gasteiger partial charge in [-0.05, 0) is 33.3 Å². The van der Waals surface area contributed by atoms with E-state index in [4.69, 9.17) is 9.40 Å². The molecule has 2 aliphatic heterocycles. The fraction of sp³-hybridized carbons (Fsp3) is 0.522. The third-order valence-corrected chi connectivity index (χ3v) is 7.56. The topological polar surface area (TPSA) is 67.4 Å². The first-order valence-corrected chi connectivity index (χ1v) is 11.8. The minimum atomic E-state index is -0.426. The van der Waals surface area contributed by atoms with Gasteiger partial charge >= 0.3 is 0 Å². The van der Waals surface area contributed by atoms with E-state index in [0.717, 1.165) is 54.6 Å². The largest absolute Gasteiger partial charge is 0.472 e. The van der Waals surface area contributed by atoms with Crippen molar-refractivity contribution in [3.63, 3.8) is 0 Å². The Kier molecular flexibility index (Phi) is 5.22. The highest BCUT2D eigenvalue weighted by molar-refractivity contribution is 7.09. The van der Waals surface area contributed by atoms with Gasteiger partial charge in [-0.2, -0.15) is 0 Å². The number of aromatic nitrogens is 3. The van der Waals surface area contributed by atoms with Gasteiger partial charge in [-0.15, -0.1) is 11.3 Å². The highest BCUT2D eigenvalue weighted by Gasteiger charge is 2.57. The molecule has 2 atom stereocenters. The van der Waals surface area contributed by atoms with E-state index in [2.05, 4.69) is 39.9 Å². The lowest BCUT2D eigenvalue weighted by Gasteiger charge is -2.28. The zero-order valence-corrected chi connectivity index (χ0v) is 19.1. The molecule has 5 heterocycles. The van der Waals surface area contributed by atoms with Crippen molar-refractivity contribution >= 4 is 17.2 Å². The number of hydrogen-bond donors (Lipinski definition) is 0. The molecule has 5 rings (SSSR count). The van der Waals surface area contributed by atoms with E-state index in [1.807, 2.05) is 24.2 Å². The Hall–Kier alpha value is -2.45. The predicted octanol–water partition coefficient (Wildman–Crippen LogP) is 3.84. The van der Waals surface area contributed by atoms with E-state index in [1.54, 1.807) is 23.9 Å². The van der Waals surface area contributed by atoms with Gasteiger partial charge < -0.3 is 13.9 Å². The van der Waals surface area contributed by atoms with Crippen molar-refractivity contribution in [1.82, 2.24) is 24.3 Å². The van der Waals surface area contributed by atoms with Crippen LogP contribution in [0.3, 0.4) is 0 Å². The van der Waals surface area contributed by atoms with Crippen molar-refractivity contribution < 1.29 is 9.21 Å². The van der Waals surface area contributed by atoms with Gasteiger partial charge in [-0.3, -0.25) is 9.69 Å². The van der Waals surface area contributed by atoms with Crippen LogP contribution in [0.25, 0.3) is 0 Å². The number of aryl methyl sites for hydroxylation is 1.